The summed E-state index contributed by atoms with van der Waals surface area (Å²) in [5.41, 5.74) is 0.0990. The van der Waals surface area contributed by atoms with Gasteiger partial charge in [-0.3, -0.25) is 0 Å². The van der Waals surface area contributed by atoms with Gasteiger partial charge in [0.2, 0.25) is 0 Å². The maximum absolute atomic E-state index is 9.56. The second-order valence-corrected chi connectivity index (χ2v) is 6.46. The number of nitrogens with one attached hydrogen (secondary N) is 1. The largest absolute Gasteiger partial charge is 0.394 e. The van der Waals surface area contributed by atoms with E-state index >= 15 is 0 Å². The third-order valence-corrected chi connectivity index (χ3v) is 5.49. The monoisotopic (exact) mass is 223 g/mol. The molecule has 0 amide bonds. The lowest BCUT2D eigenvalue weighted by Gasteiger charge is -2.32. The molecule has 0 heterocycles. The van der Waals surface area contributed by atoms with Crippen molar-refractivity contribution in [2.75, 3.05) is 13.2 Å². The second-order valence-electron chi connectivity index (χ2n) is 6.46. The molecular formula is C14H25NO. The summed E-state index contributed by atoms with van der Waals surface area (Å²) in [6, 6.07) is 0. The Balaban J connectivity index is 1.52. The highest BCUT2D eigenvalue weighted by Crippen LogP contribution is 2.48. The molecule has 0 saturated heterocycles. The summed E-state index contributed by atoms with van der Waals surface area (Å²) in [7, 11) is 0. The summed E-state index contributed by atoms with van der Waals surface area (Å²) < 4.78 is 0. The molecule has 0 aromatic carbocycles. The third-order valence-electron chi connectivity index (χ3n) is 5.49. The van der Waals surface area contributed by atoms with Crippen molar-refractivity contribution in [1.82, 2.24) is 5.32 Å². The van der Waals surface area contributed by atoms with E-state index in [1.807, 2.05) is 0 Å². The lowest BCUT2D eigenvalue weighted by Crippen LogP contribution is -2.48. The fourth-order valence-corrected chi connectivity index (χ4v) is 4.42. The number of aliphatic hydroxyl groups excluding tert-OH is 1. The molecule has 0 radical (unpaired) electrons. The van der Waals surface area contributed by atoms with E-state index in [9.17, 15) is 5.11 Å². The van der Waals surface area contributed by atoms with E-state index in [0.29, 0.717) is 6.61 Å². The van der Waals surface area contributed by atoms with E-state index in [4.69, 9.17) is 0 Å². The number of fused-ring (bicyclic) bond motifs is 2. The molecule has 2 bridgehead atoms. The highest BCUT2D eigenvalue weighted by Gasteiger charge is 2.41. The molecule has 0 spiro atoms. The van der Waals surface area contributed by atoms with Gasteiger partial charge in [0, 0.05) is 5.54 Å². The molecule has 2 heteroatoms. The Morgan fingerprint density at radius 1 is 1.12 bits per heavy atom. The third kappa shape index (κ3) is 1.91. The van der Waals surface area contributed by atoms with Gasteiger partial charge in [-0.15, -0.1) is 0 Å². The van der Waals surface area contributed by atoms with Crippen molar-refractivity contribution < 1.29 is 5.11 Å². The van der Waals surface area contributed by atoms with Crippen LogP contribution in [-0.4, -0.2) is 23.8 Å². The maximum atomic E-state index is 9.56. The van der Waals surface area contributed by atoms with Crippen LogP contribution in [0.25, 0.3) is 0 Å². The highest BCUT2D eigenvalue weighted by atomic mass is 16.3. The van der Waals surface area contributed by atoms with Crippen LogP contribution in [0, 0.1) is 17.8 Å². The van der Waals surface area contributed by atoms with E-state index in [1.54, 1.807) is 0 Å². The molecule has 3 aliphatic carbocycles. The summed E-state index contributed by atoms with van der Waals surface area (Å²) in [6.07, 6.45) is 10.9. The summed E-state index contributed by atoms with van der Waals surface area (Å²) in [5.74, 6) is 2.97. The van der Waals surface area contributed by atoms with Crippen LogP contribution in [0.4, 0.5) is 0 Å². The Morgan fingerprint density at radius 2 is 1.94 bits per heavy atom. The van der Waals surface area contributed by atoms with Crippen LogP contribution in [0.2, 0.25) is 0 Å². The van der Waals surface area contributed by atoms with Crippen molar-refractivity contribution >= 4 is 0 Å². The van der Waals surface area contributed by atoms with Gasteiger partial charge in [0.05, 0.1) is 6.61 Å². The first-order chi connectivity index (χ1) is 7.81. The molecule has 0 aliphatic heterocycles. The first kappa shape index (κ1) is 11.0. The summed E-state index contributed by atoms with van der Waals surface area (Å²) in [5, 5.41) is 13.3. The van der Waals surface area contributed by atoms with Crippen molar-refractivity contribution in [3.63, 3.8) is 0 Å². The van der Waals surface area contributed by atoms with Crippen LogP contribution in [-0.2, 0) is 0 Å². The van der Waals surface area contributed by atoms with Crippen molar-refractivity contribution in [1.29, 1.82) is 0 Å². The van der Waals surface area contributed by atoms with Crippen LogP contribution in [0.3, 0.4) is 0 Å². The van der Waals surface area contributed by atoms with Crippen LogP contribution in [0.1, 0.15) is 51.4 Å². The zero-order valence-corrected chi connectivity index (χ0v) is 10.3. The molecule has 3 atom stereocenters. The molecule has 3 unspecified atom stereocenters. The van der Waals surface area contributed by atoms with E-state index in [-0.39, 0.29) is 5.54 Å². The van der Waals surface area contributed by atoms with Crippen molar-refractivity contribution in [2.45, 2.75) is 56.9 Å². The predicted octanol–water partition coefficient (Wildman–Crippen LogP) is 2.32. The molecule has 0 aromatic rings. The van der Waals surface area contributed by atoms with Crippen molar-refractivity contribution in [3.05, 3.63) is 0 Å². The van der Waals surface area contributed by atoms with Gasteiger partial charge in [0.1, 0.15) is 0 Å². The Hall–Kier alpha value is -0.0800. The molecular weight excluding hydrogens is 198 g/mol. The molecule has 2 N–H and O–H groups in total. The highest BCUT2D eigenvalue weighted by molar-refractivity contribution is 4.96. The van der Waals surface area contributed by atoms with Gasteiger partial charge >= 0.3 is 0 Å². The SMILES string of the molecule is OCC1(NCC2CC3CCC2C3)CCCC1. The topological polar surface area (TPSA) is 32.3 Å². The standard InChI is InChI=1S/C14H25NO/c16-10-14(5-1-2-6-14)15-9-13-8-11-3-4-12(13)7-11/h11-13,15-16H,1-10H2. The smallest absolute Gasteiger partial charge is 0.0613 e. The van der Waals surface area contributed by atoms with E-state index in [1.165, 1.54) is 57.9 Å². The van der Waals surface area contributed by atoms with Crippen LogP contribution in [0.15, 0.2) is 0 Å². The molecule has 3 rings (SSSR count). The lowest BCUT2D eigenvalue weighted by atomic mass is 9.87. The zero-order chi connectivity index (χ0) is 11.0. The van der Waals surface area contributed by atoms with E-state index in [2.05, 4.69) is 5.32 Å². The first-order valence-corrected chi connectivity index (χ1v) is 7.17. The number of hydrogen-bond donors (Lipinski definition) is 2. The minimum atomic E-state index is 0.0990. The van der Waals surface area contributed by atoms with Gasteiger partial charge in [-0.25, -0.2) is 0 Å². The van der Waals surface area contributed by atoms with Gasteiger partial charge in [0.25, 0.3) is 0 Å². The average Bonchev–Trinajstić information content (AvgIpc) is 3.03. The molecule has 16 heavy (non-hydrogen) atoms. The molecule has 92 valence electrons. The number of rotatable bonds is 4. The van der Waals surface area contributed by atoms with Gasteiger partial charge in [0.15, 0.2) is 0 Å². The van der Waals surface area contributed by atoms with Gasteiger partial charge in [-0.2, -0.15) is 0 Å². The Morgan fingerprint density at radius 3 is 2.50 bits per heavy atom. The summed E-state index contributed by atoms with van der Waals surface area (Å²) in [6.45, 7) is 1.51. The summed E-state index contributed by atoms with van der Waals surface area (Å²) in [4.78, 5) is 0. The van der Waals surface area contributed by atoms with Crippen LogP contribution in [0.5, 0.6) is 0 Å². The quantitative estimate of drug-likeness (QED) is 0.766. The van der Waals surface area contributed by atoms with Gasteiger partial charge in [-0.1, -0.05) is 19.3 Å². The van der Waals surface area contributed by atoms with Crippen LogP contribution >= 0.6 is 0 Å². The normalized spacial score (nSPS) is 40.7. The second kappa shape index (κ2) is 4.30. The zero-order valence-electron chi connectivity index (χ0n) is 10.3. The lowest BCUT2D eigenvalue weighted by molar-refractivity contribution is 0.152. The Labute approximate surface area is 98.8 Å². The number of hydrogen-bond acceptors (Lipinski definition) is 2. The Kier molecular flexibility index (Phi) is 2.97. The molecule has 3 fully saturated rings. The minimum absolute atomic E-state index is 0.0990. The number of aliphatic hydroxyl groups is 1. The van der Waals surface area contributed by atoms with Crippen LogP contribution < -0.4 is 5.32 Å². The van der Waals surface area contributed by atoms with E-state index in [0.717, 1.165) is 17.8 Å². The fourth-order valence-electron chi connectivity index (χ4n) is 4.42. The van der Waals surface area contributed by atoms with Crippen molar-refractivity contribution in [2.24, 2.45) is 17.8 Å². The van der Waals surface area contributed by atoms with Crippen molar-refractivity contribution in [3.8, 4) is 0 Å². The average molecular weight is 223 g/mol. The predicted molar refractivity (Wildman–Crippen MR) is 65.2 cm³/mol. The molecule has 2 nitrogen and oxygen atoms in total. The minimum Gasteiger partial charge on any atom is -0.394 e. The maximum Gasteiger partial charge on any atom is 0.0613 e. The van der Waals surface area contributed by atoms with E-state index < -0.39 is 0 Å². The summed E-state index contributed by atoms with van der Waals surface area (Å²) >= 11 is 0. The molecule has 3 saturated carbocycles. The van der Waals surface area contributed by atoms with Gasteiger partial charge in [-0.05, 0) is 56.4 Å². The first-order valence-electron chi connectivity index (χ1n) is 7.17. The molecule has 0 aromatic heterocycles. The molecule has 3 aliphatic rings. The fraction of sp³-hybridized carbons (Fsp3) is 1.00. The Bertz CT molecular complexity index is 247. The van der Waals surface area contributed by atoms with Gasteiger partial charge < -0.3 is 10.4 Å².